The molecule has 0 aliphatic heterocycles. The fourth-order valence-corrected chi connectivity index (χ4v) is 2.52. The van der Waals surface area contributed by atoms with Crippen molar-refractivity contribution in [2.24, 2.45) is 0 Å². The number of hydrogen-bond acceptors (Lipinski definition) is 3. The highest BCUT2D eigenvalue weighted by Gasteiger charge is 2.19. The molecule has 0 fully saturated rings. The summed E-state index contributed by atoms with van der Waals surface area (Å²) in [4.78, 5) is 9.01. The van der Waals surface area contributed by atoms with Gasteiger partial charge in [-0.3, -0.25) is 0 Å². The van der Waals surface area contributed by atoms with Gasteiger partial charge >= 0.3 is 0 Å². The molecule has 0 spiro atoms. The van der Waals surface area contributed by atoms with E-state index in [0.717, 1.165) is 30.8 Å². The van der Waals surface area contributed by atoms with Crippen LogP contribution in [0.25, 0.3) is 11.4 Å². The first-order valence-corrected chi connectivity index (χ1v) is 6.60. The summed E-state index contributed by atoms with van der Waals surface area (Å²) < 4.78 is 13.5. The summed E-state index contributed by atoms with van der Waals surface area (Å²) >= 11 is 5.69. The van der Waals surface area contributed by atoms with Crippen LogP contribution in [-0.2, 0) is 12.8 Å². The van der Waals surface area contributed by atoms with Crippen molar-refractivity contribution in [1.82, 2.24) is 9.97 Å². The van der Waals surface area contributed by atoms with E-state index >= 15 is 0 Å². The monoisotopic (exact) mass is 277 g/mol. The average molecular weight is 278 g/mol. The van der Waals surface area contributed by atoms with Gasteiger partial charge in [-0.1, -0.05) is 11.6 Å². The van der Waals surface area contributed by atoms with Gasteiger partial charge in [0.15, 0.2) is 5.82 Å². The molecule has 3 nitrogen and oxygen atoms in total. The number of nitrogens with zero attached hydrogens (tertiary/aromatic N) is 2. The second-order valence-electron chi connectivity index (χ2n) is 4.55. The number of anilines is 1. The molecular formula is C14H13ClFN3. The number of aryl methyl sites for hydroxylation is 1. The van der Waals surface area contributed by atoms with E-state index in [2.05, 4.69) is 15.3 Å². The molecule has 3 rings (SSSR count). The highest BCUT2D eigenvalue weighted by atomic mass is 35.5. The second kappa shape index (κ2) is 4.78. The predicted molar refractivity (Wildman–Crippen MR) is 74.0 cm³/mol. The predicted octanol–water partition coefficient (Wildman–Crippen LogP) is 3.47. The highest BCUT2D eigenvalue weighted by Crippen LogP contribution is 2.29. The molecule has 2 aromatic rings. The second-order valence-corrected chi connectivity index (χ2v) is 4.96. The molecule has 19 heavy (non-hydrogen) atoms. The van der Waals surface area contributed by atoms with Crippen LogP contribution in [0.5, 0.6) is 0 Å². The maximum atomic E-state index is 13.5. The van der Waals surface area contributed by atoms with Gasteiger partial charge in [-0.25, -0.2) is 14.4 Å². The minimum Gasteiger partial charge on any atom is -0.373 e. The first kappa shape index (κ1) is 12.4. The lowest BCUT2D eigenvalue weighted by Gasteiger charge is -2.09. The number of aromatic nitrogens is 2. The first-order valence-electron chi connectivity index (χ1n) is 6.22. The van der Waals surface area contributed by atoms with Gasteiger partial charge in [0.25, 0.3) is 0 Å². The summed E-state index contributed by atoms with van der Waals surface area (Å²) in [6.45, 7) is 0. The van der Waals surface area contributed by atoms with Crippen LogP contribution in [0.4, 0.5) is 10.2 Å². The highest BCUT2D eigenvalue weighted by molar-refractivity contribution is 6.30. The van der Waals surface area contributed by atoms with Crippen LogP contribution in [0.1, 0.15) is 17.7 Å². The van der Waals surface area contributed by atoms with E-state index in [0.29, 0.717) is 11.4 Å². The molecule has 0 atom stereocenters. The molecule has 0 saturated carbocycles. The molecule has 1 aromatic carbocycles. The number of rotatable bonds is 2. The Morgan fingerprint density at radius 3 is 2.84 bits per heavy atom. The molecule has 0 amide bonds. The summed E-state index contributed by atoms with van der Waals surface area (Å²) in [5.74, 6) is 0.933. The summed E-state index contributed by atoms with van der Waals surface area (Å²) in [6.07, 6.45) is 3.05. The summed E-state index contributed by atoms with van der Waals surface area (Å²) in [5, 5.41) is 3.20. The van der Waals surface area contributed by atoms with Crippen molar-refractivity contribution >= 4 is 17.4 Å². The van der Waals surface area contributed by atoms with Gasteiger partial charge in [0.2, 0.25) is 0 Å². The summed E-state index contributed by atoms with van der Waals surface area (Å²) in [5.41, 5.74) is 2.89. The topological polar surface area (TPSA) is 37.8 Å². The normalized spacial score (nSPS) is 13.4. The van der Waals surface area contributed by atoms with Crippen molar-refractivity contribution in [1.29, 1.82) is 0 Å². The Kier molecular flexibility index (Phi) is 3.11. The molecule has 0 saturated heterocycles. The van der Waals surface area contributed by atoms with Crippen LogP contribution in [0, 0.1) is 5.82 Å². The Morgan fingerprint density at radius 1 is 1.26 bits per heavy atom. The minimum absolute atomic E-state index is 0.110. The van der Waals surface area contributed by atoms with Crippen LogP contribution in [-0.4, -0.2) is 17.0 Å². The molecule has 1 aromatic heterocycles. The van der Waals surface area contributed by atoms with Crippen LogP contribution in [0.2, 0.25) is 5.02 Å². The molecule has 0 radical (unpaired) electrons. The Balaban J connectivity index is 2.12. The van der Waals surface area contributed by atoms with E-state index in [9.17, 15) is 4.39 Å². The lowest BCUT2D eigenvalue weighted by molar-refractivity contribution is 0.628. The van der Waals surface area contributed by atoms with E-state index in [1.54, 1.807) is 6.07 Å². The molecule has 0 unspecified atom stereocenters. The molecular weight excluding hydrogens is 265 g/mol. The zero-order chi connectivity index (χ0) is 13.4. The summed E-state index contributed by atoms with van der Waals surface area (Å²) in [6, 6.07) is 4.64. The van der Waals surface area contributed by atoms with E-state index in [-0.39, 0.29) is 5.02 Å². The largest absolute Gasteiger partial charge is 0.373 e. The molecule has 0 bridgehead atoms. The third-order valence-electron chi connectivity index (χ3n) is 3.35. The van der Waals surface area contributed by atoms with Crippen molar-refractivity contribution < 1.29 is 4.39 Å². The average Bonchev–Trinajstić information content (AvgIpc) is 2.89. The van der Waals surface area contributed by atoms with Gasteiger partial charge in [-0.2, -0.15) is 0 Å². The molecule has 1 N–H and O–H groups in total. The maximum absolute atomic E-state index is 13.5. The Hall–Kier alpha value is -1.68. The van der Waals surface area contributed by atoms with Crippen LogP contribution in [0.3, 0.4) is 0 Å². The Labute approximate surface area is 115 Å². The zero-order valence-corrected chi connectivity index (χ0v) is 11.3. The number of halogens is 2. The zero-order valence-electron chi connectivity index (χ0n) is 10.5. The fourth-order valence-electron chi connectivity index (χ4n) is 2.40. The van der Waals surface area contributed by atoms with Crippen molar-refractivity contribution in [3.8, 4) is 11.4 Å². The lowest BCUT2D eigenvalue weighted by Crippen LogP contribution is -2.03. The van der Waals surface area contributed by atoms with Crippen LogP contribution >= 0.6 is 11.6 Å². The molecule has 1 aliphatic carbocycles. The summed E-state index contributed by atoms with van der Waals surface area (Å²) in [7, 11) is 1.84. The maximum Gasteiger partial charge on any atom is 0.161 e. The first-order chi connectivity index (χ1) is 9.19. The van der Waals surface area contributed by atoms with Gasteiger partial charge in [0.1, 0.15) is 11.6 Å². The number of hydrogen-bond donors (Lipinski definition) is 1. The van der Waals surface area contributed by atoms with Gasteiger partial charge in [-0.05, 0) is 37.5 Å². The number of fused-ring (bicyclic) bond motifs is 1. The van der Waals surface area contributed by atoms with Gasteiger partial charge in [0.05, 0.1) is 5.02 Å². The quantitative estimate of drug-likeness (QED) is 0.913. The van der Waals surface area contributed by atoms with Crippen molar-refractivity contribution in [2.45, 2.75) is 19.3 Å². The van der Waals surface area contributed by atoms with Crippen molar-refractivity contribution in [2.75, 3.05) is 12.4 Å². The minimum atomic E-state index is -0.450. The van der Waals surface area contributed by atoms with Gasteiger partial charge in [-0.15, -0.1) is 0 Å². The Bertz CT molecular complexity index is 643. The lowest BCUT2D eigenvalue weighted by atomic mass is 10.2. The molecule has 98 valence electrons. The third-order valence-corrected chi connectivity index (χ3v) is 3.65. The number of nitrogens with one attached hydrogen (secondary N) is 1. The molecule has 5 heteroatoms. The Morgan fingerprint density at radius 2 is 2.11 bits per heavy atom. The van der Waals surface area contributed by atoms with E-state index in [1.807, 2.05) is 7.05 Å². The third kappa shape index (κ3) is 2.16. The van der Waals surface area contributed by atoms with E-state index < -0.39 is 5.82 Å². The SMILES string of the molecule is CNc1nc(-c2ccc(Cl)c(F)c2)nc2c1CCC2. The van der Waals surface area contributed by atoms with Crippen LogP contribution in [0.15, 0.2) is 18.2 Å². The van der Waals surface area contributed by atoms with Crippen molar-refractivity contribution in [3.05, 3.63) is 40.3 Å². The standard InChI is InChI=1S/C14H13ClFN3/c1-17-14-9-3-2-4-12(9)18-13(19-14)8-5-6-10(15)11(16)7-8/h5-7H,2-4H2,1H3,(H,17,18,19). The van der Waals surface area contributed by atoms with Gasteiger partial charge < -0.3 is 5.32 Å². The fraction of sp³-hybridized carbons (Fsp3) is 0.286. The smallest absolute Gasteiger partial charge is 0.161 e. The molecule has 1 heterocycles. The van der Waals surface area contributed by atoms with Crippen molar-refractivity contribution in [3.63, 3.8) is 0 Å². The van der Waals surface area contributed by atoms with Crippen LogP contribution < -0.4 is 5.32 Å². The van der Waals surface area contributed by atoms with E-state index in [4.69, 9.17) is 11.6 Å². The number of benzene rings is 1. The van der Waals surface area contributed by atoms with Gasteiger partial charge in [0, 0.05) is 23.9 Å². The molecule has 1 aliphatic rings. The van der Waals surface area contributed by atoms with E-state index in [1.165, 1.54) is 17.7 Å².